The van der Waals surface area contributed by atoms with E-state index in [2.05, 4.69) is 17.6 Å². The molecule has 17 heavy (non-hydrogen) atoms. The van der Waals surface area contributed by atoms with Crippen LogP contribution < -0.4 is 10.6 Å². The second-order valence-electron chi connectivity index (χ2n) is 4.51. The monoisotopic (exact) mass is 252 g/mol. The summed E-state index contributed by atoms with van der Waals surface area (Å²) in [6, 6.07) is 5.67. The Morgan fingerprint density at radius 3 is 2.82 bits per heavy atom. The molecule has 0 aromatic heterocycles. The summed E-state index contributed by atoms with van der Waals surface area (Å²) in [4.78, 5) is 12.1. The largest absolute Gasteiger partial charge is 0.385 e. The van der Waals surface area contributed by atoms with Crippen LogP contribution in [0.5, 0.6) is 0 Å². The molecule has 1 aliphatic rings. The summed E-state index contributed by atoms with van der Waals surface area (Å²) in [6.45, 7) is 4.91. The zero-order chi connectivity index (χ0) is 12.4. The van der Waals surface area contributed by atoms with E-state index in [1.165, 1.54) is 0 Å². The number of amides is 1. The quantitative estimate of drug-likeness (QED) is 0.865. The number of halogens is 1. The summed E-state index contributed by atoms with van der Waals surface area (Å²) >= 11 is 5.93. The van der Waals surface area contributed by atoms with Crippen LogP contribution in [0.15, 0.2) is 18.2 Å². The number of hydrogen-bond donors (Lipinski definition) is 2. The predicted octanol–water partition coefficient (Wildman–Crippen LogP) is 2.91. The lowest BCUT2D eigenvalue weighted by molar-refractivity contribution is 0.0950. The zero-order valence-corrected chi connectivity index (χ0v) is 10.8. The first kappa shape index (κ1) is 12.2. The molecule has 1 amide bonds. The molecule has 2 rings (SSSR count). The van der Waals surface area contributed by atoms with E-state index >= 15 is 0 Å². The molecule has 2 unspecified atom stereocenters. The lowest BCUT2D eigenvalue weighted by atomic mass is 10.1. The Kier molecular flexibility index (Phi) is 3.57. The summed E-state index contributed by atoms with van der Waals surface area (Å²) < 4.78 is 0. The summed E-state index contributed by atoms with van der Waals surface area (Å²) in [5, 5.41) is 6.76. The highest BCUT2D eigenvalue weighted by Crippen LogP contribution is 2.30. The smallest absolute Gasteiger partial charge is 0.253 e. The second-order valence-corrected chi connectivity index (χ2v) is 4.95. The van der Waals surface area contributed by atoms with Gasteiger partial charge < -0.3 is 10.6 Å². The zero-order valence-electron chi connectivity index (χ0n) is 10.1. The van der Waals surface area contributed by atoms with Gasteiger partial charge in [0.2, 0.25) is 0 Å². The van der Waals surface area contributed by atoms with Crippen LogP contribution in [0.25, 0.3) is 0 Å². The number of carbonyl (C=O) groups excluding carboxylic acids is 1. The summed E-state index contributed by atoms with van der Waals surface area (Å²) in [6.07, 6.45) is 1.07. The number of benzene rings is 1. The van der Waals surface area contributed by atoms with E-state index in [-0.39, 0.29) is 5.91 Å². The van der Waals surface area contributed by atoms with Crippen molar-refractivity contribution in [2.24, 2.45) is 5.92 Å². The van der Waals surface area contributed by atoms with Gasteiger partial charge in [0.1, 0.15) is 0 Å². The fourth-order valence-corrected chi connectivity index (χ4v) is 1.99. The number of rotatable bonds is 4. The topological polar surface area (TPSA) is 41.1 Å². The minimum Gasteiger partial charge on any atom is -0.385 e. The van der Waals surface area contributed by atoms with Crippen LogP contribution in [0.1, 0.15) is 30.6 Å². The highest BCUT2D eigenvalue weighted by Gasteiger charge is 2.34. The predicted molar refractivity (Wildman–Crippen MR) is 70.7 cm³/mol. The summed E-state index contributed by atoms with van der Waals surface area (Å²) in [7, 11) is 0. The lowest BCUT2D eigenvalue weighted by Crippen LogP contribution is -2.27. The molecule has 2 atom stereocenters. The number of carbonyl (C=O) groups is 1. The molecule has 4 heteroatoms. The Morgan fingerprint density at radius 2 is 2.24 bits per heavy atom. The van der Waals surface area contributed by atoms with Gasteiger partial charge in [-0.15, -0.1) is 0 Å². The molecule has 0 spiro atoms. The maximum atomic E-state index is 12.1. The maximum absolute atomic E-state index is 12.1. The molecule has 0 bridgehead atoms. The van der Waals surface area contributed by atoms with Gasteiger partial charge in [0, 0.05) is 23.3 Å². The van der Waals surface area contributed by atoms with Crippen LogP contribution in [0.2, 0.25) is 5.02 Å². The van der Waals surface area contributed by atoms with E-state index in [1.807, 2.05) is 13.0 Å². The summed E-state index contributed by atoms with van der Waals surface area (Å²) in [5.74, 6) is 0.554. The third-order valence-corrected chi connectivity index (χ3v) is 3.25. The highest BCUT2D eigenvalue weighted by molar-refractivity contribution is 6.31. The van der Waals surface area contributed by atoms with Crippen molar-refractivity contribution >= 4 is 23.2 Å². The van der Waals surface area contributed by atoms with Gasteiger partial charge in [0.25, 0.3) is 5.91 Å². The molecule has 2 N–H and O–H groups in total. The molecular formula is C13H17ClN2O. The maximum Gasteiger partial charge on any atom is 0.253 e. The molecule has 0 radical (unpaired) electrons. The van der Waals surface area contributed by atoms with Crippen molar-refractivity contribution in [3.05, 3.63) is 28.8 Å². The van der Waals surface area contributed by atoms with Crippen LogP contribution in [-0.2, 0) is 0 Å². The van der Waals surface area contributed by atoms with E-state index in [4.69, 9.17) is 11.6 Å². The SMILES string of the molecule is CCNc1ccc(Cl)cc1C(=O)NC1CC1C. The van der Waals surface area contributed by atoms with Gasteiger partial charge in [0.05, 0.1) is 5.56 Å². The van der Waals surface area contributed by atoms with Crippen molar-refractivity contribution < 1.29 is 4.79 Å². The van der Waals surface area contributed by atoms with Crippen LogP contribution in [-0.4, -0.2) is 18.5 Å². The van der Waals surface area contributed by atoms with Crippen LogP contribution in [0, 0.1) is 5.92 Å². The van der Waals surface area contributed by atoms with Crippen LogP contribution in [0.4, 0.5) is 5.69 Å². The van der Waals surface area contributed by atoms with Crippen molar-refractivity contribution in [2.45, 2.75) is 26.3 Å². The fourth-order valence-electron chi connectivity index (χ4n) is 1.82. The Balaban J connectivity index is 2.16. The summed E-state index contributed by atoms with van der Waals surface area (Å²) in [5.41, 5.74) is 1.46. The molecule has 1 fully saturated rings. The minimum atomic E-state index is -0.0437. The van der Waals surface area contributed by atoms with Crippen LogP contribution in [0.3, 0.4) is 0 Å². The van der Waals surface area contributed by atoms with Crippen molar-refractivity contribution in [3.8, 4) is 0 Å². The average Bonchev–Trinajstić information content (AvgIpc) is 2.97. The van der Waals surface area contributed by atoms with Crippen molar-refractivity contribution in [3.63, 3.8) is 0 Å². The third kappa shape index (κ3) is 2.91. The molecule has 1 saturated carbocycles. The van der Waals surface area contributed by atoms with Gasteiger partial charge >= 0.3 is 0 Å². The van der Waals surface area contributed by atoms with E-state index in [0.29, 0.717) is 22.5 Å². The highest BCUT2D eigenvalue weighted by atomic mass is 35.5. The lowest BCUT2D eigenvalue weighted by Gasteiger charge is -2.11. The molecule has 1 aromatic carbocycles. The van der Waals surface area contributed by atoms with E-state index in [9.17, 15) is 4.79 Å². The molecule has 92 valence electrons. The van der Waals surface area contributed by atoms with Gasteiger partial charge in [-0.25, -0.2) is 0 Å². The van der Waals surface area contributed by atoms with E-state index < -0.39 is 0 Å². The van der Waals surface area contributed by atoms with Crippen molar-refractivity contribution in [1.29, 1.82) is 0 Å². The minimum absolute atomic E-state index is 0.0437. The van der Waals surface area contributed by atoms with Gasteiger partial charge in [-0.05, 0) is 37.5 Å². The van der Waals surface area contributed by atoms with Gasteiger partial charge in [0.15, 0.2) is 0 Å². The Morgan fingerprint density at radius 1 is 1.53 bits per heavy atom. The Labute approximate surface area is 107 Å². The number of nitrogens with one attached hydrogen (secondary N) is 2. The second kappa shape index (κ2) is 4.96. The van der Waals surface area contributed by atoms with Gasteiger partial charge in [-0.2, -0.15) is 0 Å². The molecule has 1 aromatic rings. The Bertz CT molecular complexity index is 433. The average molecular weight is 253 g/mol. The third-order valence-electron chi connectivity index (χ3n) is 3.02. The first-order valence-corrected chi connectivity index (χ1v) is 6.34. The molecule has 3 nitrogen and oxygen atoms in total. The molecule has 0 saturated heterocycles. The van der Waals surface area contributed by atoms with Crippen LogP contribution >= 0.6 is 11.6 Å². The van der Waals surface area contributed by atoms with Gasteiger partial charge in [-0.1, -0.05) is 18.5 Å². The Hall–Kier alpha value is -1.22. The van der Waals surface area contributed by atoms with E-state index in [1.54, 1.807) is 12.1 Å². The first-order valence-electron chi connectivity index (χ1n) is 5.96. The molecule has 0 aliphatic heterocycles. The van der Waals surface area contributed by atoms with Gasteiger partial charge in [-0.3, -0.25) is 4.79 Å². The van der Waals surface area contributed by atoms with Crippen molar-refractivity contribution in [1.82, 2.24) is 5.32 Å². The molecule has 0 heterocycles. The van der Waals surface area contributed by atoms with E-state index in [0.717, 1.165) is 18.7 Å². The standard InChI is InChI=1S/C13H17ClN2O/c1-3-15-11-5-4-9(14)7-10(11)13(17)16-12-6-8(12)2/h4-5,7-8,12,15H,3,6H2,1-2H3,(H,16,17). The first-order chi connectivity index (χ1) is 8.11. The fraction of sp³-hybridized carbons (Fsp3) is 0.462. The molecule has 1 aliphatic carbocycles. The number of hydrogen-bond acceptors (Lipinski definition) is 2. The van der Waals surface area contributed by atoms with Crippen molar-refractivity contribution in [2.75, 3.05) is 11.9 Å². The normalized spacial score (nSPS) is 22.1. The number of anilines is 1. The molecular weight excluding hydrogens is 236 g/mol.